The number of rotatable bonds is 5. The molecule has 7 heteroatoms. The van der Waals surface area contributed by atoms with Crippen LogP contribution < -0.4 is 5.73 Å². The molecule has 2 heterocycles. The molecule has 0 saturated carbocycles. The van der Waals surface area contributed by atoms with Crippen LogP contribution in [0.25, 0.3) is 0 Å². The Labute approximate surface area is 137 Å². The Hall–Kier alpha value is -1.89. The largest absolute Gasteiger partial charge is 0.441 e. The van der Waals surface area contributed by atoms with E-state index in [1.807, 2.05) is 6.92 Å². The number of halogens is 1. The van der Waals surface area contributed by atoms with Gasteiger partial charge in [0, 0.05) is 6.42 Å². The quantitative estimate of drug-likeness (QED) is 0.640. The number of aromatic nitrogens is 1. The van der Waals surface area contributed by atoms with E-state index in [1.165, 1.54) is 0 Å². The van der Waals surface area contributed by atoms with Gasteiger partial charge in [0.2, 0.25) is 0 Å². The molecule has 0 spiro atoms. The van der Waals surface area contributed by atoms with Crippen LogP contribution in [-0.2, 0) is 11.3 Å². The van der Waals surface area contributed by atoms with E-state index < -0.39 is 11.7 Å². The van der Waals surface area contributed by atoms with Gasteiger partial charge in [-0.1, -0.05) is 12.2 Å². The summed E-state index contributed by atoms with van der Waals surface area (Å²) < 4.78 is 5.92. The Bertz CT molecular complexity index is 629. The molecule has 0 radical (unpaired) electrons. The fourth-order valence-electron chi connectivity index (χ4n) is 2.75. The first-order valence-electron chi connectivity index (χ1n) is 6.78. The van der Waals surface area contributed by atoms with Gasteiger partial charge >= 0.3 is 6.09 Å². The van der Waals surface area contributed by atoms with Gasteiger partial charge in [0.1, 0.15) is 10.2 Å². The maximum atomic E-state index is 12.4. The van der Waals surface area contributed by atoms with Crippen molar-refractivity contribution in [3.63, 3.8) is 0 Å². The van der Waals surface area contributed by atoms with Gasteiger partial charge in [-0.25, -0.2) is 9.78 Å². The summed E-state index contributed by atoms with van der Waals surface area (Å²) in [6, 6.07) is 3.47. The predicted molar refractivity (Wildman–Crippen MR) is 85.2 cm³/mol. The van der Waals surface area contributed by atoms with E-state index in [0.29, 0.717) is 28.8 Å². The number of nitrogens with two attached hydrogens (primary N) is 1. The van der Waals surface area contributed by atoms with E-state index in [0.717, 1.165) is 5.57 Å². The molecule has 118 valence electrons. The molecular formula is C15H18BrN3O3. The van der Waals surface area contributed by atoms with Gasteiger partial charge in [0.15, 0.2) is 0 Å². The molecule has 0 aromatic carbocycles. The summed E-state index contributed by atoms with van der Waals surface area (Å²) in [4.78, 5) is 29.5. The van der Waals surface area contributed by atoms with E-state index in [1.54, 1.807) is 24.0 Å². The molecule has 6 nitrogen and oxygen atoms in total. The molecule has 2 rings (SSSR count). The average Bonchev–Trinajstić information content (AvgIpc) is 2.62. The van der Waals surface area contributed by atoms with Crippen molar-refractivity contribution in [3.8, 4) is 0 Å². The lowest BCUT2D eigenvalue weighted by molar-refractivity contribution is 0.00400. The van der Waals surface area contributed by atoms with Crippen molar-refractivity contribution in [2.75, 3.05) is 6.54 Å². The topological polar surface area (TPSA) is 85.5 Å². The average molecular weight is 368 g/mol. The summed E-state index contributed by atoms with van der Waals surface area (Å²) in [5, 5.41) is 0. The summed E-state index contributed by atoms with van der Waals surface area (Å²) in [6.45, 7) is 8.02. The minimum Gasteiger partial charge on any atom is -0.441 e. The molecule has 1 atom stereocenters. The fourth-order valence-corrected chi connectivity index (χ4v) is 3.10. The van der Waals surface area contributed by atoms with Gasteiger partial charge in [-0.15, -0.1) is 0 Å². The van der Waals surface area contributed by atoms with Gasteiger partial charge in [-0.2, -0.15) is 0 Å². The zero-order valence-corrected chi connectivity index (χ0v) is 14.1. The molecule has 2 amide bonds. The van der Waals surface area contributed by atoms with E-state index in [2.05, 4.69) is 27.5 Å². The normalized spacial score (nSPS) is 16.1. The number of ether oxygens (including phenoxy) is 1. The highest BCUT2D eigenvalue weighted by molar-refractivity contribution is 9.10. The van der Waals surface area contributed by atoms with Crippen LogP contribution in [-0.4, -0.2) is 34.0 Å². The first-order valence-corrected chi connectivity index (χ1v) is 7.57. The lowest BCUT2D eigenvalue weighted by Crippen LogP contribution is -2.45. The second-order valence-electron chi connectivity index (χ2n) is 5.79. The number of nitrogens with zero attached hydrogens (tertiary/aromatic N) is 2. The first-order chi connectivity index (χ1) is 10.2. The molecule has 0 unspecified atom stereocenters. The maximum absolute atomic E-state index is 12.4. The van der Waals surface area contributed by atoms with Crippen LogP contribution in [0.15, 0.2) is 28.9 Å². The third-order valence-corrected chi connectivity index (χ3v) is 3.79. The maximum Gasteiger partial charge on any atom is 0.405 e. The van der Waals surface area contributed by atoms with Crippen molar-refractivity contribution >= 4 is 27.9 Å². The third kappa shape index (κ3) is 3.65. The van der Waals surface area contributed by atoms with Crippen LogP contribution in [0.2, 0.25) is 0 Å². The SMILES string of the molecule is C=C(C)C[C@](C)(CN1Cc2nc(Br)ccc2C1=O)OC(N)=O. The zero-order valence-electron chi connectivity index (χ0n) is 12.6. The Morgan fingerprint density at radius 2 is 2.27 bits per heavy atom. The van der Waals surface area contributed by atoms with Crippen LogP contribution in [0.5, 0.6) is 0 Å². The van der Waals surface area contributed by atoms with Crippen LogP contribution in [0.3, 0.4) is 0 Å². The Kier molecular flexibility index (Phi) is 4.55. The summed E-state index contributed by atoms with van der Waals surface area (Å²) >= 11 is 3.29. The highest BCUT2D eigenvalue weighted by atomic mass is 79.9. The third-order valence-electron chi connectivity index (χ3n) is 3.35. The monoisotopic (exact) mass is 367 g/mol. The van der Waals surface area contributed by atoms with Gasteiger partial charge in [0.05, 0.1) is 24.3 Å². The second-order valence-corrected chi connectivity index (χ2v) is 6.61. The van der Waals surface area contributed by atoms with E-state index in [9.17, 15) is 9.59 Å². The number of carbonyl (C=O) groups is 2. The molecule has 1 aromatic rings. The van der Waals surface area contributed by atoms with Crippen LogP contribution in [0, 0.1) is 0 Å². The number of hydrogen-bond donors (Lipinski definition) is 1. The molecule has 2 N–H and O–H groups in total. The highest BCUT2D eigenvalue weighted by Gasteiger charge is 2.37. The van der Waals surface area contributed by atoms with Crippen molar-refractivity contribution in [1.82, 2.24) is 9.88 Å². The molecule has 0 bridgehead atoms. The standard InChI is InChI=1S/C15H18BrN3O3/c1-9(2)6-15(3,22-14(17)21)8-19-7-11-10(13(19)20)4-5-12(16)18-11/h4-5H,1,6-8H2,2-3H3,(H2,17,21)/t15-/m1/s1. The van der Waals surface area contributed by atoms with Crippen molar-refractivity contribution in [3.05, 3.63) is 40.1 Å². The van der Waals surface area contributed by atoms with Gasteiger partial charge < -0.3 is 15.4 Å². The Balaban J connectivity index is 2.20. The lowest BCUT2D eigenvalue weighted by Gasteiger charge is -2.33. The molecule has 0 aliphatic carbocycles. The summed E-state index contributed by atoms with van der Waals surface area (Å²) in [5.41, 5.74) is 6.36. The number of fused-ring (bicyclic) bond motifs is 1. The summed E-state index contributed by atoms with van der Waals surface area (Å²) in [6.07, 6.45) is -0.443. The molecule has 0 saturated heterocycles. The summed E-state index contributed by atoms with van der Waals surface area (Å²) in [7, 11) is 0. The van der Waals surface area contributed by atoms with E-state index in [4.69, 9.17) is 10.5 Å². The molecule has 1 aliphatic heterocycles. The molecule has 0 fully saturated rings. The number of carbonyl (C=O) groups excluding carboxylic acids is 2. The molecule has 22 heavy (non-hydrogen) atoms. The number of primary amides is 1. The second kappa shape index (κ2) is 6.08. The summed E-state index contributed by atoms with van der Waals surface area (Å²) in [5.74, 6) is -0.129. The van der Waals surface area contributed by atoms with E-state index >= 15 is 0 Å². The van der Waals surface area contributed by atoms with Gasteiger partial charge in [-0.3, -0.25) is 4.79 Å². The van der Waals surface area contributed by atoms with Crippen molar-refractivity contribution in [2.24, 2.45) is 5.73 Å². The molecule has 1 aromatic heterocycles. The highest BCUT2D eigenvalue weighted by Crippen LogP contribution is 2.28. The van der Waals surface area contributed by atoms with Crippen molar-refractivity contribution in [1.29, 1.82) is 0 Å². The van der Waals surface area contributed by atoms with Crippen LogP contribution in [0.1, 0.15) is 36.3 Å². The zero-order chi connectivity index (χ0) is 16.5. The molecular weight excluding hydrogens is 350 g/mol. The predicted octanol–water partition coefficient (Wildman–Crippen LogP) is 2.62. The van der Waals surface area contributed by atoms with Crippen molar-refractivity contribution in [2.45, 2.75) is 32.4 Å². The smallest absolute Gasteiger partial charge is 0.405 e. The van der Waals surface area contributed by atoms with Gasteiger partial charge in [-0.05, 0) is 41.9 Å². The Morgan fingerprint density at radius 1 is 1.59 bits per heavy atom. The minimum atomic E-state index is -0.910. The van der Waals surface area contributed by atoms with Crippen LogP contribution in [0.4, 0.5) is 4.79 Å². The lowest BCUT2D eigenvalue weighted by atomic mass is 9.97. The Morgan fingerprint density at radius 3 is 2.86 bits per heavy atom. The van der Waals surface area contributed by atoms with Crippen molar-refractivity contribution < 1.29 is 14.3 Å². The van der Waals surface area contributed by atoms with E-state index in [-0.39, 0.29) is 12.5 Å². The number of amides is 2. The minimum absolute atomic E-state index is 0.129. The van der Waals surface area contributed by atoms with Gasteiger partial charge in [0.25, 0.3) is 5.91 Å². The molecule has 1 aliphatic rings. The fraction of sp³-hybridized carbons (Fsp3) is 0.400. The first kappa shape index (κ1) is 16.5. The number of pyridine rings is 1. The van der Waals surface area contributed by atoms with Crippen LogP contribution >= 0.6 is 15.9 Å². The number of hydrogen-bond acceptors (Lipinski definition) is 4.